The van der Waals surface area contributed by atoms with Gasteiger partial charge in [0.15, 0.2) is 0 Å². The number of carboxylic acids is 1. The van der Waals surface area contributed by atoms with Crippen LogP contribution in [0.1, 0.15) is 44.1 Å². The standard InChI is InChI=1S/C20H28N4O4/c1-13-2-7-17(21-12-13)23-18(25)14-8-10-24(11-9-14)20(28)22-16-5-3-15(4-6-16)19(26)27/h2,7,12,14-16H,3-6,8-11H2,1H3,(H,22,28)(H,26,27)(H,21,23,25). The number of nitrogens with one attached hydrogen (secondary N) is 2. The van der Waals surface area contributed by atoms with Gasteiger partial charge in [-0.05, 0) is 57.1 Å². The van der Waals surface area contributed by atoms with Crippen molar-refractivity contribution in [3.8, 4) is 0 Å². The zero-order valence-corrected chi connectivity index (χ0v) is 16.2. The lowest BCUT2D eigenvalue weighted by Gasteiger charge is -2.34. The highest BCUT2D eigenvalue weighted by Gasteiger charge is 2.30. The first kappa shape index (κ1) is 20.1. The fourth-order valence-corrected chi connectivity index (χ4v) is 3.87. The molecular formula is C20H28N4O4. The number of pyridine rings is 1. The summed E-state index contributed by atoms with van der Waals surface area (Å²) in [6, 6.07) is 3.61. The van der Waals surface area contributed by atoms with Gasteiger partial charge in [0.25, 0.3) is 0 Å². The van der Waals surface area contributed by atoms with Crippen LogP contribution in [0, 0.1) is 18.8 Å². The number of anilines is 1. The topological polar surface area (TPSA) is 112 Å². The molecule has 1 aliphatic heterocycles. The van der Waals surface area contributed by atoms with E-state index in [-0.39, 0.29) is 29.8 Å². The van der Waals surface area contributed by atoms with Crippen LogP contribution in [0.2, 0.25) is 0 Å². The second kappa shape index (κ2) is 9.03. The Labute approximate surface area is 164 Å². The van der Waals surface area contributed by atoms with Crippen molar-refractivity contribution in [1.29, 1.82) is 0 Å². The molecule has 1 saturated heterocycles. The van der Waals surface area contributed by atoms with E-state index >= 15 is 0 Å². The minimum absolute atomic E-state index is 0.0386. The molecule has 0 spiro atoms. The largest absolute Gasteiger partial charge is 0.481 e. The van der Waals surface area contributed by atoms with Crippen molar-refractivity contribution < 1.29 is 19.5 Å². The molecule has 0 bridgehead atoms. The molecule has 0 unspecified atom stereocenters. The number of aryl methyl sites for hydroxylation is 1. The van der Waals surface area contributed by atoms with Crippen LogP contribution in [0.15, 0.2) is 18.3 Å². The van der Waals surface area contributed by atoms with Crippen LogP contribution in [-0.2, 0) is 9.59 Å². The van der Waals surface area contributed by atoms with E-state index in [4.69, 9.17) is 5.11 Å². The van der Waals surface area contributed by atoms with Crippen LogP contribution in [0.5, 0.6) is 0 Å². The van der Waals surface area contributed by atoms with Crippen LogP contribution in [0.4, 0.5) is 10.6 Å². The first-order valence-corrected chi connectivity index (χ1v) is 9.94. The molecule has 1 aromatic rings. The molecule has 1 aliphatic carbocycles. The van der Waals surface area contributed by atoms with Gasteiger partial charge in [0.05, 0.1) is 5.92 Å². The Hall–Kier alpha value is -2.64. The first-order valence-electron chi connectivity index (χ1n) is 9.94. The first-order chi connectivity index (χ1) is 13.4. The summed E-state index contributed by atoms with van der Waals surface area (Å²) in [4.78, 5) is 41.8. The monoisotopic (exact) mass is 388 g/mol. The SMILES string of the molecule is Cc1ccc(NC(=O)C2CCN(C(=O)NC3CCC(C(=O)O)CC3)CC2)nc1. The average Bonchev–Trinajstić information content (AvgIpc) is 2.70. The number of amides is 3. The molecule has 0 aromatic carbocycles. The molecule has 2 aliphatic rings. The maximum atomic E-state index is 12.5. The Morgan fingerprint density at radius 3 is 2.29 bits per heavy atom. The Morgan fingerprint density at radius 2 is 1.71 bits per heavy atom. The van der Waals surface area contributed by atoms with E-state index in [1.54, 1.807) is 17.2 Å². The minimum Gasteiger partial charge on any atom is -0.481 e. The number of carbonyl (C=O) groups excluding carboxylic acids is 2. The molecule has 0 radical (unpaired) electrons. The maximum Gasteiger partial charge on any atom is 0.317 e. The predicted molar refractivity (Wildman–Crippen MR) is 104 cm³/mol. The number of hydrogen-bond donors (Lipinski definition) is 3. The second-order valence-corrected chi connectivity index (χ2v) is 7.81. The number of nitrogens with zero attached hydrogens (tertiary/aromatic N) is 2. The number of aliphatic carboxylic acids is 1. The fraction of sp³-hybridized carbons (Fsp3) is 0.600. The quantitative estimate of drug-likeness (QED) is 0.733. The molecule has 1 aromatic heterocycles. The highest BCUT2D eigenvalue weighted by molar-refractivity contribution is 5.91. The van der Waals surface area contributed by atoms with Crippen LogP contribution >= 0.6 is 0 Å². The lowest BCUT2D eigenvalue weighted by atomic mass is 9.86. The number of carboxylic acid groups (broad SMARTS) is 1. The molecule has 1 saturated carbocycles. The van der Waals surface area contributed by atoms with E-state index < -0.39 is 5.97 Å². The molecule has 2 fully saturated rings. The summed E-state index contributed by atoms with van der Waals surface area (Å²) >= 11 is 0. The van der Waals surface area contributed by atoms with E-state index in [0.717, 1.165) is 5.56 Å². The maximum absolute atomic E-state index is 12.5. The lowest BCUT2D eigenvalue weighted by Crippen LogP contribution is -2.49. The van der Waals surface area contributed by atoms with Crippen LogP contribution in [0.3, 0.4) is 0 Å². The number of piperidine rings is 1. The fourth-order valence-electron chi connectivity index (χ4n) is 3.87. The van der Waals surface area contributed by atoms with Crippen LogP contribution < -0.4 is 10.6 Å². The number of urea groups is 1. The molecule has 3 amide bonds. The summed E-state index contributed by atoms with van der Waals surface area (Å²) in [5.74, 6) is -0.661. The van der Waals surface area contributed by atoms with Gasteiger partial charge in [0.2, 0.25) is 5.91 Å². The number of hydrogen-bond acceptors (Lipinski definition) is 4. The lowest BCUT2D eigenvalue weighted by molar-refractivity contribution is -0.142. The minimum atomic E-state index is -0.744. The van der Waals surface area contributed by atoms with Crippen molar-refractivity contribution in [1.82, 2.24) is 15.2 Å². The van der Waals surface area contributed by atoms with E-state index in [1.165, 1.54) is 0 Å². The third kappa shape index (κ3) is 5.21. The smallest absolute Gasteiger partial charge is 0.317 e. The van der Waals surface area contributed by atoms with Crippen molar-refractivity contribution in [2.45, 2.75) is 51.5 Å². The van der Waals surface area contributed by atoms with Crippen molar-refractivity contribution in [2.24, 2.45) is 11.8 Å². The summed E-state index contributed by atoms with van der Waals surface area (Å²) in [6.45, 7) is 3.02. The van der Waals surface area contributed by atoms with E-state index in [9.17, 15) is 14.4 Å². The third-order valence-electron chi connectivity index (χ3n) is 5.72. The van der Waals surface area contributed by atoms with Gasteiger partial charge in [-0.2, -0.15) is 0 Å². The van der Waals surface area contributed by atoms with Gasteiger partial charge >= 0.3 is 12.0 Å². The Morgan fingerprint density at radius 1 is 1.04 bits per heavy atom. The summed E-state index contributed by atoms with van der Waals surface area (Å²) in [7, 11) is 0. The van der Waals surface area contributed by atoms with Crippen LogP contribution in [0.25, 0.3) is 0 Å². The Kier molecular flexibility index (Phi) is 6.49. The van der Waals surface area contributed by atoms with Gasteiger partial charge < -0.3 is 20.6 Å². The van der Waals surface area contributed by atoms with Gasteiger partial charge in [0, 0.05) is 31.2 Å². The number of likely N-dealkylation sites (tertiary alicyclic amines) is 1. The molecule has 2 heterocycles. The van der Waals surface area contributed by atoms with Gasteiger partial charge in [-0.15, -0.1) is 0 Å². The molecule has 0 atom stereocenters. The Bertz CT molecular complexity index is 705. The average molecular weight is 388 g/mol. The summed E-state index contributed by atoms with van der Waals surface area (Å²) in [5, 5.41) is 14.9. The molecule has 28 heavy (non-hydrogen) atoms. The number of aromatic nitrogens is 1. The molecule has 152 valence electrons. The van der Waals surface area contributed by atoms with Crippen LogP contribution in [-0.4, -0.2) is 52.0 Å². The highest BCUT2D eigenvalue weighted by atomic mass is 16.4. The van der Waals surface area contributed by atoms with E-state index in [1.807, 2.05) is 13.0 Å². The van der Waals surface area contributed by atoms with Gasteiger partial charge in [-0.25, -0.2) is 9.78 Å². The van der Waals surface area contributed by atoms with Crippen molar-refractivity contribution in [3.63, 3.8) is 0 Å². The number of rotatable bonds is 4. The molecule has 8 heteroatoms. The molecular weight excluding hydrogens is 360 g/mol. The highest BCUT2D eigenvalue weighted by Crippen LogP contribution is 2.25. The van der Waals surface area contributed by atoms with E-state index in [0.29, 0.717) is 57.4 Å². The third-order valence-corrected chi connectivity index (χ3v) is 5.72. The van der Waals surface area contributed by atoms with Crippen molar-refractivity contribution >= 4 is 23.7 Å². The predicted octanol–water partition coefficient (Wildman–Crippen LogP) is 2.39. The Balaban J connectivity index is 1.41. The normalized spacial score (nSPS) is 23.1. The van der Waals surface area contributed by atoms with E-state index in [2.05, 4.69) is 15.6 Å². The summed E-state index contributed by atoms with van der Waals surface area (Å²) < 4.78 is 0. The zero-order valence-electron chi connectivity index (χ0n) is 16.2. The van der Waals surface area contributed by atoms with Gasteiger partial charge in [0.1, 0.15) is 5.82 Å². The summed E-state index contributed by atoms with van der Waals surface area (Å²) in [5.41, 5.74) is 1.04. The number of carbonyl (C=O) groups is 3. The molecule has 3 N–H and O–H groups in total. The molecule has 3 rings (SSSR count). The van der Waals surface area contributed by atoms with Gasteiger partial charge in [-0.3, -0.25) is 9.59 Å². The van der Waals surface area contributed by atoms with Gasteiger partial charge in [-0.1, -0.05) is 6.07 Å². The zero-order chi connectivity index (χ0) is 20.1. The molecule has 8 nitrogen and oxygen atoms in total. The second-order valence-electron chi connectivity index (χ2n) is 7.81. The van der Waals surface area contributed by atoms with Crippen molar-refractivity contribution in [2.75, 3.05) is 18.4 Å². The summed E-state index contributed by atoms with van der Waals surface area (Å²) in [6.07, 6.45) is 5.57. The van der Waals surface area contributed by atoms with Crippen molar-refractivity contribution in [3.05, 3.63) is 23.9 Å².